The van der Waals surface area contributed by atoms with Gasteiger partial charge in [0.25, 0.3) is 5.91 Å². The Labute approximate surface area is 119 Å². The van der Waals surface area contributed by atoms with Gasteiger partial charge in [0.1, 0.15) is 0 Å². The number of nitrogens with two attached hydrogens (primary N) is 2. The Hall–Kier alpha value is -1.65. The van der Waals surface area contributed by atoms with Crippen molar-refractivity contribution in [2.24, 2.45) is 10.9 Å². The Kier molecular flexibility index (Phi) is 4.37. The highest BCUT2D eigenvalue weighted by Crippen LogP contribution is 2.30. The van der Waals surface area contributed by atoms with Gasteiger partial charge in [0, 0.05) is 5.69 Å². The zero-order chi connectivity index (χ0) is 16.6. The topological polar surface area (TPSA) is 115 Å². The van der Waals surface area contributed by atoms with E-state index in [1.807, 2.05) is 5.32 Å². The molecule has 0 aliphatic carbocycles. The lowest BCUT2D eigenvalue weighted by Crippen LogP contribution is -2.59. The molecule has 1 rings (SSSR count). The number of amides is 1. The Morgan fingerprint density at radius 1 is 1.29 bits per heavy atom. The molecule has 0 spiro atoms. The minimum atomic E-state index is -4.96. The van der Waals surface area contributed by atoms with E-state index in [1.165, 1.54) is 25.1 Å². The molecule has 21 heavy (non-hydrogen) atoms. The van der Waals surface area contributed by atoms with Crippen LogP contribution < -0.4 is 16.2 Å². The molecule has 0 aliphatic rings. The van der Waals surface area contributed by atoms with Gasteiger partial charge in [0.05, 0.1) is 4.90 Å². The maximum Gasteiger partial charge on any atom is 0.415 e. The number of alkyl halides is 3. The number of carbonyl (C=O) groups excluding carboxylic acids is 1. The zero-order valence-electron chi connectivity index (χ0n) is 11.2. The first-order valence-corrected chi connectivity index (χ1v) is 7.12. The van der Waals surface area contributed by atoms with Crippen LogP contribution in [0, 0.1) is 6.92 Å². The molecule has 6 nitrogen and oxygen atoms in total. The lowest BCUT2D eigenvalue weighted by Gasteiger charge is -2.26. The summed E-state index contributed by atoms with van der Waals surface area (Å²) in [6, 6.07) is 3.66. The van der Waals surface area contributed by atoms with Crippen LogP contribution in [0.2, 0.25) is 0 Å². The second-order valence-electron chi connectivity index (χ2n) is 4.63. The highest BCUT2D eigenvalue weighted by atomic mass is 32.2. The molecule has 0 aromatic heterocycles. The number of anilines is 1. The highest BCUT2D eigenvalue weighted by molar-refractivity contribution is 7.89. The number of sulfonamides is 1. The van der Waals surface area contributed by atoms with Crippen LogP contribution in [0.4, 0.5) is 18.9 Å². The van der Waals surface area contributed by atoms with Gasteiger partial charge in [-0.05, 0) is 31.5 Å². The number of halogens is 3. The summed E-state index contributed by atoms with van der Waals surface area (Å²) >= 11 is 0. The number of carbonyl (C=O) groups is 1. The average molecular weight is 325 g/mol. The molecule has 5 N–H and O–H groups in total. The Morgan fingerprint density at radius 2 is 1.81 bits per heavy atom. The van der Waals surface area contributed by atoms with E-state index in [0.29, 0.717) is 6.92 Å². The Morgan fingerprint density at radius 3 is 2.24 bits per heavy atom. The minimum Gasteiger partial charge on any atom is -0.324 e. The van der Waals surface area contributed by atoms with Crippen LogP contribution in [0.5, 0.6) is 0 Å². The minimum absolute atomic E-state index is 0.0197. The van der Waals surface area contributed by atoms with Crippen molar-refractivity contribution in [3.63, 3.8) is 0 Å². The van der Waals surface area contributed by atoms with Crippen molar-refractivity contribution in [3.8, 4) is 0 Å². The van der Waals surface area contributed by atoms with Crippen LogP contribution in [0.25, 0.3) is 0 Å². The number of hydrogen-bond donors (Lipinski definition) is 3. The van der Waals surface area contributed by atoms with Gasteiger partial charge in [-0.2, -0.15) is 13.2 Å². The number of benzene rings is 1. The second kappa shape index (κ2) is 5.28. The Balaban J connectivity index is 3.20. The standard InChI is InChI=1S/C11H14F3N3O3S/c1-6-7(4-3-5-8(6)21(16,19)20)17-9(18)10(2,15)11(12,13)14/h3-5H,15H2,1-2H3,(H,17,18)(H2,16,19,20). The first-order chi connectivity index (χ1) is 9.28. The van der Waals surface area contributed by atoms with Crippen molar-refractivity contribution in [3.05, 3.63) is 23.8 Å². The molecule has 1 unspecified atom stereocenters. The second-order valence-corrected chi connectivity index (χ2v) is 6.16. The first-order valence-electron chi connectivity index (χ1n) is 5.58. The molecule has 0 saturated heterocycles. The van der Waals surface area contributed by atoms with Crippen LogP contribution in [-0.2, 0) is 14.8 Å². The molecule has 1 amide bonds. The normalized spacial score (nSPS) is 15.4. The monoisotopic (exact) mass is 325 g/mol. The molecular formula is C11H14F3N3O3S. The fraction of sp³-hybridized carbons (Fsp3) is 0.364. The van der Waals surface area contributed by atoms with E-state index in [-0.39, 0.29) is 16.1 Å². The van der Waals surface area contributed by atoms with E-state index in [1.54, 1.807) is 0 Å². The third-order valence-electron chi connectivity index (χ3n) is 2.90. The molecule has 10 heteroatoms. The smallest absolute Gasteiger partial charge is 0.324 e. The van der Waals surface area contributed by atoms with Crippen molar-refractivity contribution in [2.45, 2.75) is 30.5 Å². The van der Waals surface area contributed by atoms with E-state index in [0.717, 1.165) is 0 Å². The van der Waals surface area contributed by atoms with E-state index in [2.05, 4.69) is 0 Å². The lowest BCUT2D eigenvalue weighted by atomic mass is 10.0. The van der Waals surface area contributed by atoms with Gasteiger partial charge < -0.3 is 11.1 Å². The van der Waals surface area contributed by atoms with Gasteiger partial charge in [-0.25, -0.2) is 13.6 Å². The third-order valence-corrected chi connectivity index (χ3v) is 3.95. The predicted octanol–water partition coefficient (Wildman–Crippen LogP) is 0.861. The SMILES string of the molecule is Cc1c(NC(=O)C(C)(N)C(F)(F)F)cccc1S(N)(=O)=O. The molecule has 1 aromatic rings. The maximum atomic E-state index is 12.7. The zero-order valence-corrected chi connectivity index (χ0v) is 12.0. The van der Waals surface area contributed by atoms with E-state index in [4.69, 9.17) is 10.9 Å². The van der Waals surface area contributed by atoms with Gasteiger partial charge >= 0.3 is 6.18 Å². The molecule has 0 saturated carbocycles. The van der Waals surface area contributed by atoms with Crippen LogP contribution in [0.15, 0.2) is 23.1 Å². The molecule has 118 valence electrons. The summed E-state index contributed by atoms with van der Waals surface area (Å²) in [6.45, 7) is 1.82. The summed E-state index contributed by atoms with van der Waals surface area (Å²) in [5.41, 5.74) is 1.77. The summed E-state index contributed by atoms with van der Waals surface area (Å²) < 4.78 is 60.6. The number of nitrogens with one attached hydrogen (secondary N) is 1. The Bertz CT molecular complexity index is 669. The summed E-state index contributed by atoms with van der Waals surface area (Å²) in [6.07, 6.45) is -4.96. The fourth-order valence-corrected chi connectivity index (χ4v) is 2.24. The van der Waals surface area contributed by atoms with Crippen LogP contribution in [0.1, 0.15) is 12.5 Å². The van der Waals surface area contributed by atoms with Crippen molar-refractivity contribution < 1.29 is 26.4 Å². The van der Waals surface area contributed by atoms with Crippen LogP contribution >= 0.6 is 0 Å². The highest BCUT2D eigenvalue weighted by Gasteiger charge is 2.54. The summed E-state index contributed by atoms with van der Waals surface area (Å²) in [7, 11) is -4.06. The maximum absolute atomic E-state index is 12.7. The number of hydrogen-bond acceptors (Lipinski definition) is 4. The van der Waals surface area contributed by atoms with Gasteiger partial charge in [-0.15, -0.1) is 0 Å². The van der Waals surface area contributed by atoms with Crippen LogP contribution in [-0.4, -0.2) is 26.0 Å². The predicted molar refractivity (Wildman–Crippen MR) is 69.8 cm³/mol. The molecule has 0 fully saturated rings. The molecule has 1 aromatic carbocycles. The van der Waals surface area contributed by atoms with Crippen molar-refractivity contribution in [1.82, 2.24) is 0 Å². The fourth-order valence-electron chi connectivity index (χ4n) is 1.44. The quantitative estimate of drug-likeness (QED) is 0.764. The molecule has 0 heterocycles. The lowest BCUT2D eigenvalue weighted by molar-refractivity contribution is -0.184. The van der Waals surface area contributed by atoms with E-state index in [9.17, 15) is 26.4 Å². The summed E-state index contributed by atoms with van der Waals surface area (Å²) in [4.78, 5) is 11.4. The number of rotatable bonds is 3. The van der Waals surface area contributed by atoms with Crippen molar-refractivity contribution >= 4 is 21.6 Å². The van der Waals surface area contributed by atoms with Crippen molar-refractivity contribution in [2.75, 3.05) is 5.32 Å². The van der Waals surface area contributed by atoms with Gasteiger partial charge in [-0.1, -0.05) is 6.07 Å². The van der Waals surface area contributed by atoms with Crippen LogP contribution in [0.3, 0.4) is 0 Å². The molecule has 1 atom stereocenters. The van der Waals surface area contributed by atoms with Gasteiger partial charge in [0.15, 0.2) is 5.54 Å². The number of primary sulfonamides is 1. The molecular weight excluding hydrogens is 311 g/mol. The molecule has 0 bridgehead atoms. The average Bonchev–Trinajstić information content (AvgIpc) is 2.28. The molecule has 0 radical (unpaired) electrons. The van der Waals surface area contributed by atoms with Gasteiger partial charge in [0.2, 0.25) is 10.0 Å². The first kappa shape index (κ1) is 17.4. The largest absolute Gasteiger partial charge is 0.415 e. The van der Waals surface area contributed by atoms with Gasteiger partial charge in [-0.3, -0.25) is 4.79 Å². The van der Waals surface area contributed by atoms with E-state index >= 15 is 0 Å². The van der Waals surface area contributed by atoms with Crippen molar-refractivity contribution in [1.29, 1.82) is 0 Å². The summed E-state index contributed by atoms with van der Waals surface area (Å²) in [5, 5.41) is 6.93. The van der Waals surface area contributed by atoms with E-state index < -0.39 is 27.6 Å². The summed E-state index contributed by atoms with van der Waals surface area (Å²) in [5.74, 6) is -1.51. The third kappa shape index (κ3) is 3.52. The molecule has 0 aliphatic heterocycles.